The molecule has 1 aromatic carbocycles. The number of benzene rings is 1. The van der Waals surface area contributed by atoms with Gasteiger partial charge in [0.2, 0.25) is 20.0 Å². The Balaban J connectivity index is 1.93. The molecule has 0 amide bonds. The third kappa shape index (κ3) is 5.50. The first-order chi connectivity index (χ1) is 12.2. The molecule has 0 spiro atoms. The van der Waals surface area contributed by atoms with Crippen LogP contribution < -0.4 is 4.72 Å². The van der Waals surface area contributed by atoms with E-state index in [1.165, 1.54) is 28.6 Å². The van der Waals surface area contributed by atoms with Crippen LogP contribution in [0.2, 0.25) is 0 Å². The van der Waals surface area contributed by atoms with Crippen molar-refractivity contribution in [1.82, 2.24) is 9.03 Å². The predicted octanol–water partition coefficient (Wildman–Crippen LogP) is 1.39. The summed E-state index contributed by atoms with van der Waals surface area (Å²) < 4.78 is 53.2. The Morgan fingerprint density at radius 1 is 0.962 bits per heavy atom. The molecule has 146 valence electrons. The van der Waals surface area contributed by atoms with Crippen LogP contribution in [0.3, 0.4) is 0 Å². The SMILES string of the molecule is O=C(O)CCCCCNS(=O)(=O)c1ccc(S(=O)(=O)N2CCCC2)cc1. The predicted molar refractivity (Wildman–Crippen MR) is 95.7 cm³/mol. The summed E-state index contributed by atoms with van der Waals surface area (Å²) in [6.07, 6.45) is 3.39. The molecule has 1 fully saturated rings. The van der Waals surface area contributed by atoms with Crippen molar-refractivity contribution in [2.24, 2.45) is 0 Å². The van der Waals surface area contributed by atoms with Crippen molar-refractivity contribution < 1.29 is 26.7 Å². The highest BCUT2D eigenvalue weighted by Gasteiger charge is 2.27. The number of carbonyl (C=O) groups is 1. The molecule has 0 aromatic heterocycles. The summed E-state index contributed by atoms with van der Waals surface area (Å²) in [4.78, 5) is 10.5. The minimum Gasteiger partial charge on any atom is -0.481 e. The number of hydrogen-bond donors (Lipinski definition) is 2. The van der Waals surface area contributed by atoms with Crippen LogP contribution in [0.15, 0.2) is 34.1 Å². The fourth-order valence-corrected chi connectivity index (χ4v) is 5.33. The van der Waals surface area contributed by atoms with Gasteiger partial charge in [0.05, 0.1) is 9.79 Å². The molecule has 0 atom stereocenters. The summed E-state index contributed by atoms with van der Waals surface area (Å²) in [6.45, 7) is 1.19. The lowest BCUT2D eigenvalue weighted by molar-refractivity contribution is -0.137. The molecule has 0 saturated carbocycles. The number of carboxylic acids is 1. The van der Waals surface area contributed by atoms with Crippen LogP contribution in [0.4, 0.5) is 0 Å². The fourth-order valence-electron chi connectivity index (χ4n) is 2.74. The zero-order valence-corrected chi connectivity index (χ0v) is 16.1. The van der Waals surface area contributed by atoms with Gasteiger partial charge in [-0.1, -0.05) is 6.42 Å². The second-order valence-corrected chi connectivity index (χ2v) is 9.89. The lowest BCUT2D eigenvalue weighted by atomic mass is 10.2. The highest BCUT2D eigenvalue weighted by Crippen LogP contribution is 2.22. The zero-order valence-electron chi connectivity index (χ0n) is 14.4. The quantitative estimate of drug-likeness (QED) is 0.569. The number of rotatable bonds is 10. The smallest absolute Gasteiger partial charge is 0.303 e. The average molecular weight is 405 g/mol. The molecule has 0 aliphatic carbocycles. The molecule has 1 aliphatic heterocycles. The van der Waals surface area contributed by atoms with Crippen molar-refractivity contribution in [2.45, 2.75) is 48.3 Å². The second-order valence-electron chi connectivity index (χ2n) is 6.18. The van der Waals surface area contributed by atoms with Crippen molar-refractivity contribution in [2.75, 3.05) is 19.6 Å². The van der Waals surface area contributed by atoms with Crippen molar-refractivity contribution in [3.05, 3.63) is 24.3 Å². The number of nitrogens with zero attached hydrogens (tertiary/aromatic N) is 1. The highest BCUT2D eigenvalue weighted by molar-refractivity contribution is 7.89. The van der Waals surface area contributed by atoms with Gasteiger partial charge in [-0.15, -0.1) is 0 Å². The minimum atomic E-state index is -3.72. The van der Waals surface area contributed by atoms with Crippen molar-refractivity contribution >= 4 is 26.0 Å². The first-order valence-electron chi connectivity index (χ1n) is 8.55. The Labute approximate surface area is 154 Å². The van der Waals surface area contributed by atoms with E-state index in [0.29, 0.717) is 32.4 Å². The zero-order chi connectivity index (χ0) is 19.2. The molecular weight excluding hydrogens is 380 g/mol. The van der Waals surface area contributed by atoms with Crippen molar-refractivity contribution in [3.8, 4) is 0 Å². The van der Waals surface area contributed by atoms with Crippen LogP contribution in [-0.4, -0.2) is 51.9 Å². The van der Waals surface area contributed by atoms with Gasteiger partial charge in [-0.3, -0.25) is 4.79 Å². The Kier molecular flexibility index (Phi) is 7.16. The van der Waals surface area contributed by atoms with E-state index in [4.69, 9.17) is 5.11 Å². The van der Waals surface area contributed by atoms with E-state index in [9.17, 15) is 21.6 Å². The number of nitrogens with one attached hydrogen (secondary N) is 1. The number of unbranched alkanes of at least 4 members (excludes halogenated alkanes) is 2. The fraction of sp³-hybridized carbons (Fsp3) is 0.562. The molecule has 0 unspecified atom stereocenters. The molecule has 2 N–H and O–H groups in total. The van der Waals surface area contributed by atoms with Gasteiger partial charge in [-0.25, -0.2) is 21.6 Å². The minimum absolute atomic E-state index is 0.00316. The molecule has 8 nitrogen and oxygen atoms in total. The van der Waals surface area contributed by atoms with E-state index >= 15 is 0 Å². The van der Waals surface area contributed by atoms with Crippen molar-refractivity contribution in [1.29, 1.82) is 0 Å². The molecular formula is C16H24N2O6S2. The van der Waals surface area contributed by atoms with Crippen LogP contribution in [0.25, 0.3) is 0 Å². The summed E-state index contributed by atoms with van der Waals surface area (Å²) in [5, 5.41) is 8.54. The number of sulfonamides is 2. The largest absolute Gasteiger partial charge is 0.481 e. The van der Waals surface area contributed by atoms with Crippen LogP contribution in [0, 0.1) is 0 Å². The Bertz CT molecular complexity index is 813. The maximum Gasteiger partial charge on any atom is 0.303 e. The van der Waals surface area contributed by atoms with Gasteiger partial charge in [0, 0.05) is 26.1 Å². The molecule has 1 saturated heterocycles. The first-order valence-corrected chi connectivity index (χ1v) is 11.5. The van der Waals surface area contributed by atoms with Gasteiger partial charge in [-0.2, -0.15) is 4.31 Å². The van der Waals surface area contributed by atoms with Crippen LogP contribution in [0.5, 0.6) is 0 Å². The van der Waals surface area contributed by atoms with Gasteiger partial charge in [0.15, 0.2) is 0 Å². The van der Waals surface area contributed by atoms with Crippen LogP contribution in [-0.2, 0) is 24.8 Å². The number of carboxylic acid groups (broad SMARTS) is 1. The topological polar surface area (TPSA) is 121 Å². The van der Waals surface area contributed by atoms with E-state index in [1.807, 2.05) is 0 Å². The highest BCUT2D eigenvalue weighted by atomic mass is 32.2. The van der Waals surface area contributed by atoms with Gasteiger partial charge >= 0.3 is 5.97 Å². The van der Waals surface area contributed by atoms with E-state index < -0.39 is 26.0 Å². The Morgan fingerprint density at radius 2 is 1.54 bits per heavy atom. The summed E-state index contributed by atoms with van der Waals surface area (Å²) in [7, 11) is -7.28. The third-order valence-electron chi connectivity index (χ3n) is 4.20. The molecule has 0 bridgehead atoms. The molecule has 1 aliphatic rings. The second kappa shape index (κ2) is 8.94. The number of aliphatic carboxylic acids is 1. The summed E-state index contributed by atoms with van der Waals surface area (Å²) in [5.74, 6) is -0.866. The lowest BCUT2D eigenvalue weighted by Gasteiger charge is -2.15. The van der Waals surface area contributed by atoms with Gasteiger partial charge < -0.3 is 5.11 Å². The van der Waals surface area contributed by atoms with Gasteiger partial charge in [0.1, 0.15) is 0 Å². The van der Waals surface area contributed by atoms with E-state index in [1.54, 1.807) is 0 Å². The van der Waals surface area contributed by atoms with Gasteiger partial charge in [0.25, 0.3) is 0 Å². The Hall–Kier alpha value is -1.49. The van der Waals surface area contributed by atoms with Gasteiger partial charge in [-0.05, 0) is 49.9 Å². The molecule has 2 rings (SSSR count). The lowest BCUT2D eigenvalue weighted by Crippen LogP contribution is -2.28. The van der Waals surface area contributed by atoms with Crippen LogP contribution in [0.1, 0.15) is 38.5 Å². The molecule has 1 heterocycles. The maximum absolute atomic E-state index is 12.4. The molecule has 0 radical (unpaired) electrons. The summed E-state index contributed by atoms with van der Waals surface area (Å²) in [5.41, 5.74) is 0. The van der Waals surface area contributed by atoms with E-state index in [0.717, 1.165) is 12.8 Å². The number of hydrogen-bond acceptors (Lipinski definition) is 5. The Morgan fingerprint density at radius 3 is 2.12 bits per heavy atom. The maximum atomic E-state index is 12.4. The first kappa shape index (κ1) is 20.8. The normalized spacial score (nSPS) is 16.0. The molecule has 1 aromatic rings. The third-order valence-corrected chi connectivity index (χ3v) is 7.59. The van der Waals surface area contributed by atoms with Crippen molar-refractivity contribution in [3.63, 3.8) is 0 Å². The van der Waals surface area contributed by atoms with E-state index in [2.05, 4.69) is 4.72 Å². The average Bonchev–Trinajstić information content (AvgIpc) is 3.13. The monoisotopic (exact) mass is 404 g/mol. The standard InChI is InChI=1S/C16H24N2O6S2/c19-16(20)6-2-1-3-11-17-25(21,22)14-7-9-15(10-8-14)26(23,24)18-12-4-5-13-18/h7-10,17H,1-6,11-13H2,(H,19,20). The van der Waals surface area contributed by atoms with E-state index in [-0.39, 0.29) is 22.8 Å². The summed E-state index contributed by atoms with van der Waals surface area (Å²) >= 11 is 0. The molecule has 10 heteroatoms. The molecule has 26 heavy (non-hydrogen) atoms. The van der Waals surface area contributed by atoms with Crippen LogP contribution >= 0.6 is 0 Å². The summed E-state index contributed by atoms with van der Waals surface area (Å²) in [6, 6.07) is 5.20.